The van der Waals surface area contributed by atoms with Gasteiger partial charge in [0, 0.05) is 29.8 Å². The lowest BCUT2D eigenvalue weighted by atomic mass is 10.2. The van der Waals surface area contributed by atoms with E-state index in [4.69, 9.17) is 0 Å². The summed E-state index contributed by atoms with van der Waals surface area (Å²) in [4.78, 5) is 14.2. The smallest absolute Gasteiger partial charge is 0.252 e. The Hall–Kier alpha value is -1.88. The summed E-state index contributed by atoms with van der Waals surface area (Å²) in [6.07, 6.45) is 0. The molecule has 0 aliphatic carbocycles. The average Bonchev–Trinajstić information content (AvgIpc) is 2.54. The van der Waals surface area contributed by atoms with Gasteiger partial charge >= 0.3 is 0 Å². The van der Waals surface area contributed by atoms with Crippen molar-refractivity contribution >= 4 is 27.5 Å². The number of anilines is 1. The highest BCUT2D eigenvalue weighted by atomic mass is 79.9. The predicted octanol–water partition coefficient (Wildman–Crippen LogP) is 3.84. The molecule has 0 aliphatic rings. The first-order valence-corrected chi connectivity index (χ1v) is 7.79. The van der Waals surface area contributed by atoms with Crippen LogP contribution in [0.15, 0.2) is 53.0 Å². The second-order valence-electron chi connectivity index (χ2n) is 5.13. The second-order valence-corrected chi connectivity index (χ2v) is 5.98. The summed E-state index contributed by atoms with van der Waals surface area (Å²) in [6.45, 7) is 2.49. The quantitative estimate of drug-likeness (QED) is 0.873. The molecule has 0 saturated heterocycles. The average molecular weight is 365 g/mol. The van der Waals surface area contributed by atoms with E-state index in [0.29, 0.717) is 16.6 Å². The molecular formula is C17H18BrFN2O. The summed E-state index contributed by atoms with van der Waals surface area (Å²) in [5.41, 5.74) is 1.38. The Bertz CT molecular complexity index is 648. The third-order valence-electron chi connectivity index (χ3n) is 3.56. The van der Waals surface area contributed by atoms with Crippen molar-refractivity contribution in [3.8, 4) is 0 Å². The zero-order valence-electron chi connectivity index (χ0n) is 12.5. The minimum Gasteiger partial charge on any atom is -0.370 e. The fourth-order valence-corrected chi connectivity index (χ4v) is 2.49. The molecule has 0 heterocycles. The molecule has 2 aromatic carbocycles. The molecule has 116 valence electrons. The number of benzene rings is 2. The third kappa shape index (κ3) is 4.07. The standard InChI is InChI=1S/C17H18BrFN2O/c1-12(21(2)14-6-4-3-5-7-14)11-20-17(22)15-10-13(19)8-9-16(15)18/h3-10,12H,11H2,1-2H3,(H,20,22)/t12-/m1/s1. The van der Waals surface area contributed by atoms with Gasteiger partial charge in [-0.05, 0) is 53.2 Å². The highest BCUT2D eigenvalue weighted by molar-refractivity contribution is 9.10. The molecule has 2 aromatic rings. The lowest BCUT2D eigenvalue weighted by molar-refractivity contribution is 0.0950. The van der Waals surface area contributed by atoms with Gasteiger partial charge in [0.25, 0.3) is 5.91 Å². The number of nitrogens with zero attached hydrogens (tertiary/aromatic N) is 1. The van der Waals surface area contributed by atoms with Crippen LogP contribution in [-0.4, -0.2) is 25.5 Å². The Labute approximate surface area is 138 Å². The fraction of sp³-hybridized carbons (Fsp3) is 0.235. The molecule has 2 rings (SSSR count). The van der Waals surface area contributed by atoms with Crippen LogP contribution in [0.2, 0.25) is 0 Å². The molecule has 1 amide bonds. The van der Waals surface area contributed by atoms with Gasteiger partial charge in [0.2, 0.25) is 0 Å². The van der Waals surface area contributed by atoms with Crippen molar-refractivity contribution in [1.29, 1.82) is 0 Å². The molecule has 1 atom stereocenters. The summed E-state index contributed by atoms with van der Waals surface area (Å²) in [5, 5.41) is 2.84. The van der Waals surface area contributed by atoms with Crippen LogP contribution >= 0.6 is 15.9 Å². The summed E-state index contributed by atoms with van der Waals surface area (Å²) in [5.74, 6) is -0.720. The number of halogens is 2. The summed E-state index contributed by atoms with van der Waals surface area (Å²) >= 11 is 3.27. The van der Waals surface area contributed by atoms with Crippen LogP contribution < -0.4 is 10.2 Å². The molecule has 5 heteroatoms. The Balaban J connectivity index is 1.97. The fourth-order valence-electron chi connectivity index (χ4n) is 2.06. The van der Waals surface area contributed by atoms with E-state index >= 15 is 0 Å². The first kappa shape index (κ1) is 16.5. The number of rotatable bonds is 5. The zero-order valence-corrected chi connectivity index (χ0v) is 14.1. The zero-order chi connectivity index (χ0) is 16.1. The lowest BCUT2D eigenvalue weighted by Crippen LogP contribution is -2.40. The molecular weight excluding hydrogens is 347 g/mol. The summed E-state index contributed by atoms with van der Waals surface area (Å²) in [6, 6.07) is 14.1. The van der Waals surface area contributed by atoms with Crippen LogP contribution in [0.3, 0.4) is 0 Å². The first-order valence-electron chi connectivity index (χ1n) is 7.00. The number of carbonyl (C=O) groups is 1. The first-order chi connectivity index (χ1) is 10.5. The van der Waals surface area contributed by atoms with E-state index in [0.717, 1.165) is 5.69 Å². The number of hydrogen-bond donors (Lipinski definition) is 1. The second kappa shape index (κ2) is 7.40. The summed E-state index contributed by atoms with van der Waals surface area (Å²) in [7, 11) is 1.98. The predicted molar refractivity (Wildman–Crippen MR) is 90.7 cm³/mol. The van der Waals surface area contributed by atoms with Crippen molar-refractivity contribution in [3.63, 3.8) is 0 Å². The minimum absolute atomic E-state index is 0.110. The van der Waals surface area contributed by atoms with Crippen LogP contribution in [0.25, 0.3) is 0 Å². The van der Waals surface area contributed by atoms with Gasteiger partial charge < -0.3 is 10.2 Å². The highest BCUT2D eigenvalue weighted by Crippen LogP contribution is 2.18. The molecule has 0 spiro atoms. The SMILES string of the molecule is C[C@H](CNC(=O)c1cc(F)ccc1Br)N(C)c1ccccc1. The monoisotopic (exact) mass is 364 g/mol. The Kier molecular flexibility index (Phi) is 5.55. The van der Waals surface area contributed by atoms with Crippen LogP contribution in [0, 0.1) is 5.82 Å². The molecule has 0 unspecified atom stereocenters. The maximum absolute atomic E-state index is 13.2. The van der Waals surface area contributed by atoms with Crippen molar-refractivity contribution in [2.24, 2.45) is 0 Å². The number of likely N-dealkylation sites (N-methyl/N-ethyl adjacent to an activating group) is 1. The Morgan fingerprint density at radius 2 is 1.95 bits per heavy atom. The van der Waals surface area contributed by atoms with Crippen molar-refractivity contribution in [1.82, 2.24) is 5.32 Å². The van der Waals surface area contributed by atoms with E-state index in [1.807, 2.05) is 44.3 Å². The third-order valence-corrected chi connectivity index (χ3v) is 4.25. The van der Waals surface area contributed by atoms with Crippen molar-refractivity contribution < 1.29 is 9.18 Å². The maximum Gasteiger partial charge on any atom is 0.252 e. The van der Waals surface area contributed by atoms with Gasteiger partial charge in [0.05, 0.1) is 5.56 Å². The molecule has 0 bridgehead atoms. The topological polar surface area (TPSA) is 32.3 Å². The van der Waals surface area contributed by atoms with Gasteiger partial charge in [0.15, 0.2) is 0 Å². The van der Waals surface area contributed by atoms with Gasteiger partial charge in [-0.25, -0.2) is 4.39 Å². The number of nitrogens with one attached hydrogen (secondary N) is 1. The van der Waals surface area contributed by atoms with E-state index in [-0.39, 0.29) is 11.9 Å². The molecule has 0 fully saturated rings. The van der Waals surface area contributed by atoms with Crippen LogP contribution in [-0.2, 0) is 0 Å². The lowest BCUT2D eigenvalue weighted by Gasteiger charge is -2.27. The number of carbonyl (C=O) groups excluding carboxylic acids is 1. The normalized spacial score (nSPS) is 11.8. The minimum atomic E-state index is -0.428. The molecule has 0 aliphatic heterocycles. The van der Waals surface area contributed by atoms with Crippen LogP contribution in [0.1, 0.15) is 17.3 Å². The van der Waals surface area contributed by atoms with E-state index < -0.39 is 5.82 Å². The van der Waals surface area contributed by atoms with Gasteiger partial charge in [0.1, 0.15) is 5.82 Å². The maximum atomic E-state index is 13.2. The van der Waals surface area contributed by atoms with E-state index in [1.165, 1.54) is 18.2 Å². The molecule has 1 N–H and O–H groups in total. The van der Waals surface area contributed by atoms with Crippen molar-refractivity contribution in [3.05, 3.63) is 64.4 Å². The van der Waals surface area contributed by atoms with Gasteiger partial charge in [-0.1, -0.05) is 18.2 Å². The highest BCUT2D eigenvalue weighted by Gasteiger charge is 2.14. The largest absolute Gasteiger partial charge is 0.370 e. The van der Waals surface area contributed by atoms with Crippen LogP contribution in [0.5, 0.6) is 0 Å². The van der Waals surface area contributed by atoms with E-state index in [9.17, 15) is 9.18 Å². The Morgan fingerprint density at radius 3 is 2.64 bits per heavy atom. The molecule has 0 saturated carbocycles. The number of hydrogen-bond acceptors (Lipinski definition) is 2. The van der Waals surface area contributed by atoms with Crippen molar-refractivity contribution in [2.45, 2.75) is 13.0 Å². The van der Waals surface area contributed by atoms with E-state index in [2.05, 4.69) is 26.1 Å². The van der Waals surface area contributed by atoms with Gasteiger partial charge in [-0.15, -0.1) is 0 Å². The number of amides is 1. The molecule has 3 nitrogen and oxygen atoms in total. The molecule has 0 radical (unpaired) electrons. The van der Waals surface area contributed by atoms with Gasteiger partial charge in [-0.2, -0.15) is 0 Å². The van der Waals surface area contributed by atoms with Crippen molar-refractivity contribution in [2.75, 3.05) is 18.5 Å². The number of para-hydroxylation sites is 1. The molecule has 22 heavy (non-hydrogen) atoms. The summed E-state index contributed by atoms with van der Waals surface area (Å²) < 4.78 is 13.8. The van der Waals surface area contributed by atoms with Crippen LogP contribution in [0.4, 0.5) is 10.1 Å². The van der Waals surface area contributed by atoms with E-state index in [1.54, 1.807) is 0 Å². The molecule has 0 aromatic heterocycles. The van der Waals surface area contributed by atoms with Gasteiger partial charge in [-0.3, -0.25) is 4.79 Å². The Morgan fingerprint density at radius 1 is 1.27 bits per heavy atom.